The topological polar surface area (TPSA) is 79.2 Å². The Balaban J connectivity index is 1.92. The maximum atomic E-state index is 11.9. The van der Waals surface area contributed by atoms with Crippen LogP contribution >= 0.6 is 0 Å². The molecule has 0 aliphatic carbocycles. The van der Waals surface area contributed by atoms with Crippen molar-refractivity contribution in [2.75, 3.05) is 11.9 Å². The van der Waals surface area contributed by atoms with Crippen LogP contribution in [0.4, 0.5) is 10.5 Å². The van der Waals surface area contributed by atoms with E-state index in [0.717, 1.165) is 29.1 Å². The van der Waals surface area contributed by atoms with Gasteiger partial charge in [-0.25, -0.2) is 4.79 Å². The molecule has 0 aliphatic heterocycles. The Morgan fingerprint density at radius 2 is 2.12 bits per heavy atom. The molecule has 0 fully saturated rings. The predicted octanol–water partition coefficient (Wildman–Crippen LogP) is 2.83. The molecule has 1 atom stereocenters. The number of carbonyl (C=O) groups is 1. The number of benzene rings is 1. The Hall–Kier alpha value is -2.34. The van der Waals surface area contributed by atoms with E-state index in [1.165, 1.54) is 0 Å². The van der Waals surface area contributed by atoms with Crippen LogP contribution in [0, 0.1) is 13.8 Å². The molecule has 2 amide bonds. The van der Waals surface area contributed by atoms with Gasteiger partial charge in [-0.15, -0.1) is 0 Å². The summed E-state index contributed by atoms with van der Waals surface area (Å²) >= 11 is 0. The number of carbonyl (C=O) groups excluding carboxylic acids is 1. The maximum Gasteiger partial charge on any atom is 0.319 e. The van der Waals surface area contributed by atoms with Gasteiger partial charge in [0.15, 0.2) is 0 Å². The van der Waals surface area contributed by atoms with Crippen molar-refractivity contribution < 1.29 is 9.90 Å². The summed E-state index contributed by atoms with van der Waals surface area (Å²) in [5.74, 6) is 0. The summed E-state index contributed by atoms with van der Waals surface area (Å²) in [5, 5.41) is 19.6. The quantitative estimate of drug-likeness (QED) is 0.730. The van der Waals surface area contributed by atoms with Gasteiger partial charge in [0.25, 0.3) is 0 Å². The number of urea groups is 1. The van der Waals surface area contributed by atoms with E-state index in [1.54, 1.807) is 0 Å². The van der Waals surface area contributed by atoms with Crippen molar-refractivity contribution in [1.29, 1.82) is 0 Å². The minimum Gasteiger partial charge on any atom is -0.391 e. The summed E-state index contributed by atoms with van der Waals surface area (Å²) in [4.78, 5) is 11.9. The zero-order valence-electron chi connectivity index (χ0n) is 14.5. The van der Waals surface area contributed by atoms with Gasteiger partial charge < -0.3 is 15.7 Å². The molecule has 0 bridgehead atoms. The van der Waals surface area contributed by atoms with E-state index in [1.807, 2.05) is 55.8 Å². The van der Waals surface area contributed by atoms with Crippen molar-refractivity contribution in [2.45, 2.75) is 46.3 Å². The first-order valence-corrected chi connectivity index (χ1v) is 8.31. The number of amides is 2. The molecule has 1 heterocycles. The van der Waals surface area contributed by atoms with Crippen molar-refractivity contribution >= 4 is 11.7 Å². The lowest BCUT2D eigenvalue weighted by molar-refractivity contribution is 0.162. The Bertz CT molecular complexity index is 681. The average molecular weight is 330 g/mol. The molecule has 24 heavy (non-hydrogen) atoms. The molecule has 0 aliphatic rings. The van der Waals surface area contributed by atoms with Gasteiger partial charge in [-0.3, -0.25) is 4.68 Å². The van der Waals surface area contributed by atoms with E-state index >= 15 is 0 Å². The van der Waals surface area contributed by atoms with Gasteiger partial charge in [-0.2, -0.15) is 5.10 Å². The number of aliphatic hydroxyl groups excluding tert-OH is 1. The highest BCUT2D eigenvalue weighted by molar-refractivity contribution is 5.89. The summed E-state index contributed by atoms with van der Waals surface area (Å²) in [5.41, 5.74) is 3.88. The summed E-state index contributed by atoms with van der Waals surface area (Å²) < 4.78 is 1.94. The largest absolute Gasteiger partial charge is 0.391 e. The highest BCUT2D eigenvalue weighted by Crippen LogP contribution is 2.13. The van der Waals surface area contributed by atoms with Crippen LogP contribution in [0.2, 0.25) is 0 Å². The van der Waals surface area contributed by atoms with Crippen molar-refractivity contribution in [2.24, 2.45) is 0 Å². The van der Waals surface area contributed by atoms with E-state index in [2.05, 4.69) is 15.7 Å². The molecule has 0 saturated carbocycles. The van der Waals surface area contributed by atoms with E-state index in [0.29, 0.717) is 13.0 Å². The number of nitrogens with zero attached hydrogens (tertiary/aromatic N) is 2. The van der Waals surface area contributed by atoms with Crippen LogP contribution in [-0.4, -0.2) is 33.6 Å². The van der Waals surface area contributed by atoms with Crippen LogP contribution < -0.4 is 10.6 Å². The molecule has 0 saturated heterocycles. The predicted molar refractivity (Wildman–Crippen MR) is 95.2 cm³/mol. The lowest BCUT2D eigenvalue weighted by Crippen LogP contribution is -2.35. The number of nitrogens with one attached hydrogen (secondary N) is 2. The number of aliphatic hydroxyl groups is 1. The first kappa shape index (κ1) is 18.0. The van der Waals surface area contributed by atoms with Gasteiger partial charge in [0, 0.05) is 17.9 Å². The van der Waals surface area contributed by atoms with Gasteiger partial charge in [0.05, 0.1) is 18.3 Å². The second kappa shape index (κ2) is 8.49. The summed E-state index contributed by atoms with van der Waals surface area (Å²) in [6.45, 7) is 6.91. The number of hydrogen-bond donors (Lipinski definition) is 3. The van der Waals surface area contributed by atoms with E-state index in [4.69, 9.17) is 0 Å². The number of anilines is 1. The van der Waals surface area contributed by atoms with Gasteiger partial charge in [-0.05, 0) is 44.0 Å². The van der Waals surface area contributed by atoms with E-state index in [-0.39, 0.29) is 12.6 Å². The van der Waals surface area contributed by atoms with Crippen molar-refractivity contribution in [3.8, 4) is 0 Å². The molecular formula is C18H26N4O2. The normalized spacial score (nSPS) is 12.0. The molecule has 130 valence electrons. The van der Waals surface area contributed by atoms with Crippen LogP contribution in [0.15, 0.2) is 30.3 Å². The number of aromatic nitrogens is 2. The van der Waals surface area contributed by atoms with Gasteiger partial charge in [-0.1, -0.05) is 25.5 Å². The minimum absolute atomic E-state index is 0.255. The molecule has 2 rings (SSSR count). The van der Waals surface area contributed by atoms with Crippen LogP contribution in [0.5, 0.6) is 0 Å². The Morgan fingerprint density at radius 3 is 2.79 bits per heavy atom. The number of aryl methyl sites for hydroxylation is 2. The second-order valence-electron chi connectivity index (χ2n) is 6.06. The highest BCUT2D eigenvalue weighted by Gasteiger charge is 2.07. The molecular weight excluding hydrogens is 304 g/mol. The summed E-state index contributed by atoms with van der Waals surface area (Å²) in [6.07, 6.45) is 1.06. The van der Waals surface area contributed by atoms with Crippen LogP contribution in [0.3, 0.4) is 0 Å². The third-order valence-corrected chi connectivity index (χ3v) is 3.74. The van der Waals surface area contributed by atoms with Crippen molar-refractivity contribution in [1.82, 2.24) is 15.1 Å². The van der Waals surface area contributed by atoms with Gasteiger partial charge >= 0.3 is 6.03 Å². The Kier molecular flexibility index (Phi) is 6.37. The minimum atomic E-state index is -0.502. The van der Waals surface area contributed by atoms with Gasteiger partial charge in [0.2, 0.25) is 0 Å². The number of hydrogen-bond acceptors (Lipinski definition) is 3. The highest BCUT2D eigenvalue weighted by atomic mass is 16.3. The van der Waals surface area contributed by atoms with Gasteiger partial charge in [0.1, 0.15) is 0 Å². The standard InChI is InChI=1S/C18H26N4O2/c1-4-6-17(23)11-19-18(24)20-16-8-5-7-15(10-16)12-22-14(3)9-13(2)21-22/h5,7-10,17,23H,4,6,11-12H2,1-3H3,(H2,19,20,24). The first-order chi connectivity index (χ1) is 11.5. The molecule has 6 heteroatoms. The average Bonchev–Trinajstić information content (AvgIpc) is 2.83. The fraction of sp³-hybridized carbons (Fsp3) is 0.444. The maximum absolute atomic E-state index is 11.9. The first-order valence-electron chi connectivity index (χ1n) is 8.31. The van der Waals surface area contributed by atoms with E-state index in [9.17, 15) is 9.90 Å². The molecule has 1 unspecified atom stereocenters. The van der Waals surface area contributed by atoms with Crippen LogP contribution in [0.1, 0.15) is 36.7 Å². The van der Waals surface area contributed by atoms with Crippen molar-refractivity contribution in [3.05, 3.63) is 47.3 Å². The Labute approximate surface area is 142 Å². The second-order valence-corrected chi connectivity index (χ2v) is 6.06. The number of rotatable bonds is 7. The fourth-order valence-electron chi connectivity index (χ4n) is 2.58. The van der Waals surface area contributed by atoms with E-state index < -0.39 is 6.10 Å². The third-order valence-electron chi connectivity index (χ3n) is 3.74. The lowest BCUT2D eigenvalue weighted by atomic mass is 10.2. The summed E-state index contributed by atoms with van der Waals surface area (Å²) in [6, 6.07) is 9.41. The summed E-state index contributed by atoms with van der Waals surface area (Å²) in [7, 11) is 0. The van der Waals surface area contributed by atoms with Crippen LogP contribution in [0.25, 0.3) is 0 Å². The molecule has 1 aromatic carbocycles. The molecule has 0 radical (unpaired) electrons. The molecule has 6 nitrogen and oxygen atoms in total. The monoisotopic (exact) mass is 330 g/mol. The zero-order valence-corrected chi connectivity index (χ0v) is 14.5. The lowest BCUT2D eigenvalue weighted by Gasteiger charge is -2.12. The van der Waals surface area contributed by atoms with Crippen LogP contribution in [-0.2, 0) is 6.54 Å². The molecule has 3 N–H and O–H groups in total. The molecule has 0 spiro atoms. The Morgan fingerprint density at radius 1 is 1.33 bits per heavy atom. The third kappa shape index (κ3) is 5.38. The molecule has 1 aromatic heterocycles. The smallest absolute Gasteiger partial charge is 0.319 e. The molecule has 2 aromatic rings. The zero-order chi connectivity index (χ0) is 17.5. The SMILES string of the molecule is CCCC(O)CNC(=O)Nc1cccc(Cn2nc(C)cc2C)c1. The van der Waals surface area contributed by atoms with Crippen molar-refractivity contribution in [3.63, 3.8) is 0 Å². The fourth-order valence-corrected chi connectivity index (χ4v) is 2.58.